The predicted molar refractivity (Wildman–Crippen MR) is 91.3 cm³/mol. The quantitative estimate of drug-likeness (QED) is 0.206. The highest BCUT2D eigenvalue weighted by Gasteiger charge is 2.21. The van der Waals surface area contributed by atoms with E-state index in [0.717, 1.165) is 0 Å². The van der Waals surface area contributed by atoms with E-state index in [2.05, 4.69) is 15.3 Å². The Bertz CT molecular complexity index is 696. The molecule has 0 saturated heterocycles. The number of thiazole rings is 1. The Hall–Kier alpha value is -1.83. The highest BCUT2D eigenvalue weighted by molar-refractivity contribution is 7.13. The third kappa shape index (κ3) is 4.57. The minimum Gasteiger partial charge on any atom is -0.506 e. The summed E-state index contributed by atoms with van der Waals surface area (Å²) >= 11 is 13.2. The molecule has 2 heterocycles. The fourth-order valence-electron chi connectivity index (χ4n) is 1.65. The first-order chi connectivity index (χ1) is 11.0. The number of esters is 1. The van der Waals surface area contributed by atoms with E-state index in [1.807, 2.05) is 0 Å². The van der Waals surface area contributed by atoms with Crippen molar-refractivity contribution < 1.29 is 14.6 Å². The summed E-state index contributed by atoms with van der Waals surface area (Å²) in [7, 11) is 0. The largest absolute Gasteiger partial charge is 0.506 e. The minimum atomic E-state index is -0.719. The molecule has 1 unspecified atom stereocenters. The van der Waals surface area contributed by atoms with Gasteiger partial charge in [-0.15, -0.1) is 11.3 Å². The van der Waals surface area contributed by atoms with Crippen molar-refractivity contribution in [3.63, 3.8) is 0 Å². The van der Waals surface area contributed by atoms with Crippen molar-refractivity contribution in [2.24, 2.45) is 4.99 Å². The second-order valence-electron chi connectivity index (χ2n) is 4.19. The zero-order valence-corrected chi connectivity index (χ0v) is 14.3. The molecule has 23 heavy (non-hydrogen) atoms. The van der Waals surface area contributed by atoms with E-state index in [0.29, 0.717) is 5.13 Å². The van der Waals surface area contributed by atoms with Gasteiger partial charge in [0, 0.05) is 17.8 Å². The molecule has 0 bridgehead atoms. The van der Waals surface area contributed by atoms with Gasteiger partial charge in [0.1, 0.15) is 22.0 Å². The number of ether oxygens (including phenoxy) is 1. The number of nitrogens with one attached hydrogen (secondary N) is 1. The number of nitrogens with zero attached hydrogens (tertiary/aromatic N) is 2. The third-order valence-electron chi connectivity index (χ3n) is 2.66. The Balaban J connectivity index is 2.40. The number of carbonyl (C=O) groups excluding carboxylic acids is 1. The van der Waals surface area contributed by atoms with Gasteiger partial charge in [-0.3, -0.25) is 0 Å². The Morgan fingerprint density at radius 2 is 2.43 bits per heavy atom. The van der Waals surface area contributed by atoms with Crippen LogP contribution in [0, 0.1) is 0 Å². The maximum absolute atomic E-state index is 12.1. The van der Waals surface area contributed by atoms with Crippen molar-refractivity contribution in [3.05, 3.63) is 45.8 Å². The summed E-state index contributed by atoms with van der Waals surface area (Å²) in [5, 5.41) is 15.4. The molecule has 0 radical (unpaired) electrons. The average molecular weight is 374 g/mol. The van der Waals surface area contributed by atoms with Crippen LogP contribution in [0.25, 0.3) is 0 Å². The van der Waals surface area contributed by atoms with Crippen LogP contribution in [-0.4, -0.2) is 34.4 Å². The average Bonchev–Trinajstić information content (AvgIpc) is 3.01. The van der Waals surface area contributed by atoms with Crippen molar-refractivity contribution in [2.45, 2.75) is 12.4 Å². The molecule has 9 heteroatoms. The summed E-state index contributed by atoms with van der Waals surface area (Å²) < 4.78 is 4.94. The maximum Gasteiger partial charge on any atom is 0.343 e. The lowest BCUT2D eigenvalue weighted by Gasteiger charge is -2.17. The van der Waals surface area contributed by atoms with Gasteiger partial charge >= 0.3 is 5.97 Å². The standard InChI is InChI=1S/C14H13Cl2N3O3S/c1-2-22-13(21)9(7-18-14-17-5-6-23-14)11(20)8-3-4-10(15)19-12(8)16/h3-7,10,19-20H,2H2,1H3. The van der Waals surface area contributed by atoms with E-state index >= 15 is 0 Å². The lowest BCUT2D eigenvalue weighted by molar-refractivity contribution is -0.138. The molecule has 0 spiro atoms. The number of hydrogen-bond acceptors (Lipinski definition) is 7. The second kappa shape index (κ2) is 8.14. The van der Waals surface area contributed by atoms with Crippen molar-refractivity contribution >= 4 is 51.9 Å². The number of hydrogen-bond donors (Lipinski definition) is 2. The van der Waals surface area contributed by atoms with Crippen LogP contribution in [0.15, 0.2) is 50.8 Å². The Morgan fingerprint density at radius 1 is 1.65 bits per heavy atom. The number of dihydropyridines is 1. The number of aromatic nitrogens is 1. The Morgan fingerprint density at radius 3 is 3.04 bits per heavy atom. The van der Waals surface area contributed by atoms with E-state index < -0.39 is 11.5 Å². The van der Waals surface area contributed by atoms with E-state index in [4.69, 9.17) is 27.9 Å². The van der Waals surface area contributed by atoms with Crippen LogP contribution >= 0.6 is 34.5 Å². The van der Waals surface area contributed by atoms with Crippen LogP contribution < -0.4 is 5.32 Å². The number of aliphatic hydroxyl groups is 1. The van der Waals surface area contributed by atoms with Crippen molar-refractivity contribution in [3.8, 4) is 0 Å². The van der Waals surface area contributed by atoms with Crippen molar-refractivity contribution in [1.82, 2.24) is 10.3 Å². The molecule has 6 nitrogen and oxygen atoms in total. The second-order valence-corrected chi connectivity index (χ2v) is 5.91. The van der Waals surface area contributed by atoms with Crippen molar-refractivity contribution in [1.29, 1.82) is 0 Å². The lowest BCUT2D eigenvalue weighted by atomic mass is 10.1. The molecule has 1 aliphatic heterocycles. The number of aliphatic imine (C=N–C) groups is 1. The van der Waals surface area contributed by atoms with Crippen molar-refractivity contribution in [2.75, 3.05) is 6.61 Å². The van der Waals surface area contributed by atoms with E-state index in [1.54, 1.807) is 24.6 Å². The van der Waals surface area contributed by atoms with E-state index in [1.165, 1.54) is 23.6 Å². The monoisotopic (exact) mass is 373 g/mol. The zero-order chi connectivity index (χ0) is 16.8. The number of rotatable bonds is 5. The molecule has 2 rings (SSSR count). The van der Waals surface area contributed by atoms with Crippen LogP contribution in [-0.2, 0) is 9.53 Å². The zero-order valence-electron chi connectivity index (χ0n) is 12.0. The van der Waals surface area contributed by atoms with Gasteiger partial charge in [0.2, 0.25) is 5.13 Å². The molecule has 1 atom stereocenters. The smallest absolute Gasteiger partial charge is 0.343 e. The first-order valence-electron chi connectivity index (χ1n) is 6.55. The maximum atomic E-state index is 12.1. The number of carbonyl (C=O) groups is 1. The molecule has 0 aromatic carbocycles. The molecule has 0 amide bonds. The van der Waals surface area contributed by atoms with Crippen LogP contribution in [0.4, 0.5) is 5.13 Å². The lowest BCUT2D eigenvalue weighted by Crippen LogP contribution is -2.24. The summed E-state index contributed by atoms with van der Waals surface area (Å²) in [4.78, 5) is 20.1. The van der Waals surface area contributed by atoms with Gasteiger partial charge in [0.05, 0.1) is 12.2 Å². The molecule has 122 valence electrons. The molecule has 1 aliphatic rings. The number of halogens is 2. The van der Waals surface area contributed by atoms with Gasteiger partial charge < -0.3 is 15.2 Å². The van der Waals surface area contributed by atoms with Gasteiger partial charge in [-0.1, -0.05) is 23.2 Å². The van der Waals surface area contributed by atoms with Crippen LogP contribution in [0.5, 0.6) is 0 Å². The van der Waals surface area contributed by atoms with Gasteiger partial charge in [-0.05, 0) is 19.1 Å². The van der Waals surface area contributed by atoms with Crippen LogP contribution in [0.1, 0.15) is 6.92 Å². The van der Waals surface area contributed by atoms with Crippen LogP contribution in [0.3, 0.4) is 0 Å². The van der Waals surface area contributed by atoms with Gasteiger partial charge in [-0.2, -0.15) is 0 Å². The first-order valence-corrected chi connectivity index (χ1v) is 8.25. The van der Waals surface area contributed by atoms with Crippen LogP contribution in [0.2, 0.25) is 0 Å². The van der Waals surface area contributed by atoms with E-state index in [9.17, 15) is 9.90 Å². The molecule has 1 aromatic heterocycles. The molecular formula is C14H13Cl2N3O3S. The van der Waals surface area contributed by atoms with E-state index in [-0.39, 0.29) is 28.7 Å². The topological polar surface area (TPSA) is 83.8 Å². The molecule has 2 N–H and O–H groups in total. The summed E-state index contributed by atoms with van der Waals surface area (Å²) in [6.07, 6.45) is 5.88. The molecule has 0 aliphatic carbocycles. The summed E-state index contributed by atoms with van der Waals surface area (Å²) in [5.41, 5.74) is -0.402. The fraction of sp³-hybridized carbons (Fsp3) is 0.214. The Kier molecular flexibility index (Phi) is 6.20. The molecular weight excluding hydrogens is 361 g/mol. The molecule has 0 saturated carbocycles. The normalized spacial score (nSPS) is 18.8. The number of aliphatic hydroxyl groups excluding tert-OH is 1. The van der Waals surface area contributed by atoms with Gasteiger partial charge in [0.15, 0.2) is 0 Å². The summed E-state index contributed by atoms with van der Waals surface area (Å²) in [6, 6.07) is 0. The SMILES string of the molecule is CCOC(=O)C(C=Nc1nccs1)=C(O)C1=C(Cl)NC(Cl)C=C1. The van der Waals surface area contributed by atoms with Gasteiger partial charge in [0.25, 0.3) is 0 Å². The van der Waals surface area contributed by atoms with Gasteiger partial charge in [-0.25, -0.2) is 14.8 Å². The summed E-state index contributed by atoms with van der Waals surface area (Å²) in [5.74, 6) is -1.08. The first kappa shape index (κ1) is 17.5. The molecule has 0 fully saturated rings. The number of allylic oxidation sites excluding steroid dienone is 1. The number of alkyl halides is 1. The predicted octanol–water partition coefficient (Wildman–Crippen LogP) is 3.40. The highest BCUT2D eigenvalue weighted by atomic mass is 35.5. The molecule has 1 aromatic rings. The highest BCUT2D eigenvalue weighted by Crippen LogP contribution is 2.24. The third-order valence-corrected chi connectivity index (χ3v) is 3.91. The minimum absolute atomic E-state index is 0.120. The summed E-state index contributed by atoms with van der Waals surface area (Å²) in [6.45, 7) is 1.82. The fourth-order valence-corrected chi connectivity index (χ4v) is 2.63. The Labute approximate surface area is 146 Å².